The molecular formula is C17H26N4O3S. The number of rotatable bonds is 8. The Morgan fingerprint density at radius 1 is 1.36 bits per heavy atom. The van der Waals surface area contributed by atoms with Gasteiger partial charge in [-0.05, 0) is 30.5 Å². The van der Waals surface area contributed by atoms with Gasteiger partial charge in [-0.25, -0.2) is 18.5 Å². The highest BCUT2D eigenvalue weighted by Crippen LogP contribution is 2.21. The van der Waals surface area contributed by atoms with Gasteiger partial charge in [-0.2, -0.15) is 0 Å². The second-order valence-corrected chi connectivity index (χ2v) is 8.13. The topological polar surface area (TPSA) is 107 Å². The third-order valence-electron chi connectivity index (χ3n) is 3.86. The van der Waals surface area contributed by atoms with Crippen molar-refractivity contribution in [3.05, 3.63) is 24.0 Å². The van der Waals surface area contributed by atoms with E-state index < -0.39 is 10.0 Å². The molecule has 1 heterocycles. The van der Waals surface area contributed by atoms with Crippen molar-refractivity contribution in [2.75, 3.05) is 6.54 Å². The van der Waals surface area contributed by atoms with Gasteiger partial charge in [-0.1, -0.05) is 20.8 Å². The summed E-state index contributed by atoms with van der Waals surface area (Å²) in [6, 6.07) is 4.70. The van der Waals surface area contributed by atoms with Crippen LogP contribution in [0.2, 0.25) is 0 Å². The maximum Gasteiger partial charge on any atom is 0.238 e. The number of amides is 1. The number of imidazole rings is 1. The predicted molar refractivity (Wildman–Crippen MR) is 97.6 cm³/mol. The molecule has 1 aromatic heterocycles. The van der Waals surface area contributed by atoms with Crippen LogP contribution in [0.25, 0.3) is 11.0 Å². The van der Waals surface area contributed by atoms with E-state index in [2.05, 4.69) is 17.2 Å². The quantitative estimate of drug-likeness (QED) is 0.743. The third kappa shape index (κ3) is 5.02. The van der Waals surface area contributed by atoms with E-state index >= 15 is 0 Å². The zero-order valence-electron chi connectivity index (χ0n) is 14.9. The lowest BCUT2D eigenvalue weighted by Gasteiger charge is -2.09. The highest BCUT2D eigenvalue weighted by atomic mass is 32.2. The maximum atomic E-state index is 11.9. The SMILES string of the molecule is CCCn1c(CCC(=O)NCC(C)C)nc2cc(S(N)(=O)=O)ccc21. The molecular weight excluding hydrogens is 340 g/mol. The molecule has 8 heteroatoms. The molecule has 0 saturated carbocycles. The van der Waals surface area contributed by atoms with Crippen molar-refractivity contribution in [1.29, 1.82) is 0 Å². The van der Waals surface area contributed by atoms with Gasteiger partial charge < -0.3 is 9.88 Å². The summed E-state index contributed by atoms with van der Waals surface area (Å²) >= 11 is 0. The highest BCUT2D eigenvalue weighted by molar-refractivity contribution is 7.89. The van der Waals surface area contributed by atoms with Gasteiger partial charge in [0.25, 0.3) is 0 Å². The molecule has 2 aromatic rings. The first-order valence-corrected chi connectivity index (χ1v) is 10.1. The molecule has 0 unspecified atom stereocenters. The Hall–Kier alpha value is -1.93. The number of nitrogens with two attached hydrogens (primary N) is 1. The van der Waals surface area contributed by atoms with Crippen molar-refractivity contribution in [3.63, 3.8) is 0 Å². The van der Waals surface area contributed by atoms with E-state index in [1.807, 2.05) is 18.4 Å². The van der Waals surface area contributed by atoms with Gasteiger partial charge in [0.05, 0.1) is 15.9 Å². The Morgan fingerprint density at radius 3 is 2.68 bits per heavy atom. The average molecular weight is 366 g/mol. The molecule has 7 nitrogen and oxygen atoms in total. The minimum atomic E-state index is -3.76. The van der Waals surface area contributed by atoms with Crippen LogP contribution in [0.3, 0.4) is 0 Å². The van der Waals surface area contributed by atoms with Crippen LogP contribution in [-0.4, -0.2) is 30.4 Å². The summed E-state index contributed by atoms with van der Waals surface area (Å²) in [4.78, 5) is 16.5. The number of benzene rings is 1. The Morgan fingerprint density at radius 2 is 2.08 bits per heavy atom. The maximum absolute atomic E-state index is 11.9. The number of nitrogens with one attached hydrogen (secondary N) is 1. The number of hydrogen-bond acceptors (Lipinski definition) is 4. The van der Waals surface area contributed by atoms with Crippen molar-refractivity contribution >= 4 is 27.0 Å². The lowest BCUT2D eigenvalue weighted by molar-refractivity contribution is -0.121. The Kier molecular flexibility index (Phi) is 6.18. The molecule has 0 aliphatic rings. The van der Waals surface area contributed by atoms with E-state index in [1.165, 1.54) is 12.1 Å². The first kappa shape index (κ1) is 19.4. The van der Waals surface area contributed by atoms with Crippen LogP contribution in [0.5, 0.6) is 0 Å². The second-order valence-electron chi connectivity index (χ2n) is 6.57. The fourth-order valence-electron chi connectivity index (χ4n) is 2.63. The minimum absolute atomic E-state index is 0.00553. The van der Waals surface area contributed by atoms with Gasteiger partial charge in [0.2, 0.25) is 15.9 Å². The smallest absolute Gasteiger partial charge is 0.238 e. The molecule has 0 fully saturated rings. The first-order valence-electron chi connectivity index (χ1n) is 8.51. The monoisotopic (exact) mass is 366 g/mol. The molecule has 2 rings (SSSR count). The molecule has 25 heavy (non-hydrogen) atoms. The molecule has 0 bridgehead atoms. The number of aromatic nitrogens is 2. The Bertz CT molecular complexity index is 856. The van der Waals surface area contributed by atoms with Crippen LogP contribution < -0.4 is 10.5 Å². The minimum Gasteiger partial charge on any atom is -0.356 e. The van der Waals surface area contributed by atoms with Crippen LogP contribution in [-0.2, 0) is 27.8 Å². The zero-order valence-corrected chi connectivity index (χ0v) is 15.8. The fourth-order valence-corrected chi connectivity index (χ4v) is 3.17. The summed E-state index contributed by atoms with van der Waals surface area (Å²) in [5.41, 5.74) is 1.43. The van der Waals surface area contributed by atoms with E-state index in [9.17, 15) is 13.2 Å². The molecule has 1 amide bonds. The Labute approximate surface area is 148 Å². The molecule has 0 radical (unpaired) electrons. The van der Waals surface area contributed by atoms with Crippen molar-refractivity contribution in [2.45, 2.75) is 51.5 Å². The molecule has 0 spiro atoms. The summed E-state index contributed by atoms with van der Waals surface area (Å²) < 4.78 is 25.1. The van der Waals surface area contributed by atoms with Gasteiger partial charge in [-0.3, -0.25) is 4.79 Å². The average Bonchev–Trinajstić information content (AvgIpc) is 2.87. The fraction of sp³-hybridized carbons (Fsp3) is 0.529. The summed E-state index contributed by atoms with van der Waals surface area (Å²) in [5.74, 6) is 1.18. The van der Waals surface area contributed by atoms with Crippen LogP contribution in [0, 0.1) is 5.92 Å². The van der Waals surface area contributed by atoms with Crippen LogP contribution in [0.4, 0.5) is 0 Å². The van der Waals surface area contributed by atoms with Gasteiger partial charge in [0.1, 0.15) is 5.82 Å². The number of nitrogens with zero attached hydrogens (tertiary/aromatic N) is 2. The second kappa shape index (κ2) is 7.97. The van der Waals surface area contributed by atoms with E-state index in [4.69, 9.17) is 5.14 Å². The molecule has 0 aliphatic carbocycles. The van der Waals surface area contributed by atoms with Gasteiger partial charge in [0, 0.05) is 25.9 Å². The molecule has 0 atom stereocenters. The standard InChI is InChI=1S/C17H26N4O3S/c1-4-9-21-15-6-5-13(25(18,23)24)10-14(15)20-16(21)7-8-17(22)19-11-12(2)3/h5-6,10,12H,4,7-9,11H2,1-3H3,(H,19,22)(H2,18,23,24). The normalized spacial score (nSPS) is 12.0. The molecule has 138 valence electrons. The van der Waals surface area contributed by atoms with Crippen molar-refractivity contribution < 1.29 is 13.2 Å². The van der Waals surface area contributed by atoms with Crippen LogP contribution in [0.1, 0.15) is 39.4 Å². The lowest BCUT2D eigenvalue weighted by Crippen LogP contribution is -2.27. The lowest BCUT2D eigenvalue weighted by atomic mass is 10.2. The number of fused-ring (bicyclic) bond motifs is 1. The molecule has 0 aliphatic heterocycles. The number of carbonyl (C=O) groups is 1. The van der Waals surface area contributed by atoms with E-state index in [0.29, 0.717) is 30.8 Å². The molecule has 3 N–H and O–H groups in total. The zero-order chi connectivity index (χ0) is 18.6. The van der Waals surface area contributed by atoms with E-state index in [0.717, 1.165) is 24.3 Å². The van der Waals surface area contributed by atoms with Gasteiger partial charge in [-0.15, -0.1) is 0 Å². The van der Waals surface area contributed by atoms with Crippen molar-refractivity contribution in [1.82, 2.24) is 14.9 Å². The van der Waals surface area contributed by atoms with Gasteiger partial charge >= 0.3 is 0 Å². The van der Waals surface area contributed by atoms with E-state index in [1.54, 1.807) is 6.07 Å². The summed E-state index contributed by atoms with van der Waals surface area (Å²) in [5, 5.41) is 8.09. The predicted octanol–water partition coefficient (Wildman–Crippen LogP) is 1.80. The summed E-state index contributed by atoms with van der Waals surface area (Å²) in [7, 11) is -3.76. The number of primary sulfonamides is 1. The van der Waals surface area contributed by atoms with Crippen LogP contribution in [0.15, 0.2) is 23.1 Å². The third-order valence-corrected chi connectivity index (χ3v) is 4.77. The van der Waals surface area contributed by atoms with E-state index in [-0.39, 0.29) is 10.8 Å². The van der Waals surface area contributed by atoms with Crippen LogP contribution >= 0.6 is 0 Å². The number of aryl methyl sites for hydroxylation is 2. The summed E-state index contributed by atoms with van der Waals surface area (Å²) in [6.07, 6.45) is 1.76. The first-order chi connectivity index (χ1) is 11.7. The summed E-state index contributed by atoms with van der Waals surface area (Å²) in [6.45, 7) is 7.56. The highest BCUT2D eigenvalue weighted by Gasteiger charge is 2.15. The number of sulfonamides is 1. The number of hydrogen-bond donors (Lipinski definition) is 2. The Balaban J connectivity index is 2.26. The number of carbonyl (C=O) groups excluding carboxylic acids is 1. The van der Waals surface area contributed by atoms with Crippen molar-refractivity contribution in [2.24, 2.45) is 11.1 Å². The molecule has 0 saturated heterocycles. The largest absolute Gasteiger partial charge is 0.356 e. The van der Waals surface area contributed by atoms with Crippen molar-refractivity contribution in [3.8, 4) is 0 Å². The van der Waals surface area contributed by atoms with Gasteiger partial charge in [0.15, 0.2) is 0 Å². The molecule has 1 aromatic carbocycles.